The minimum absolute atomic E-state index is 0.107. The Morgan fingerprint density at radius 1 is 1.36 bits per heavy atom. The summed E-state index contributed by atoms with van der Waals surface area (Å²) in [7, 11) is 0. The number of nitrogens with two attached hydrogens (primary N) is 2. The van der Waals surface area contributed by atoms with Crippen LogP contribution in [-0.4, -0.2) is 27.4 Å². The second kappa shape index (κ2) is 8.15. The first-order chi connectivity index (χ1) is 11.8. The van der Waals surface area contributed by atoms with Gasteiger partial charge in [0.05, 0.1) is 17.0 Å². The summed E-state index contributed by atoms with van der Waals surface area (Å²) in [6.07, 6.45) is -0.268. The first kappa shape index (κ1) is 19.0. The maximum absolute atomic E-state index is 12.4. The highest BCUT2D eigenvalue weighted by Crippen LogP contribution is 2.20. The van der Waals surface area contributed by atoms with Crippen molar-refractivity contribution in [3.63, 3.8) is 0 Å². The van der Waals surface area contributed by atoms with Crippen LogP contribution < -0.4 is 16.9 Å². The molecule has 2 aromatic rings. The maximum Gasteiger partial charge on any atom is 0.272 e. The standard InChI is InChI=1S/C15H14ClN5O2S2/c1-7-12(25-15(19-7)13(17)24)11(22)6-10(21-18)14(23)20-9-4-2-8(16)3-5-9/h2-5H,6,18H2,1H3,(H2,17,24)(H,20,23)/b21-10+. The summed E-state index contributed by atoms with van der Waals surface area (Å²) < 4.78 is 0. The number of amides is 1. The van der Waals surface area contributed by atoms with E-state index < -0.39 is 5.91 Å². The van der Waals surface area contributed by atoms with Gasteiger partial charge in [0.1, 0.15) is 10.7 Å². The van der Waals surface area contributed by atoms with Gasteiger partial charge in [0, 0.05) is 10.7 Å². The third kappa shape index (κ3) is 4.81. The molecule has 5 N–H and O–H groups in total. The van der Waals surface area contributed by atoms with E-state index >= 15 is 0 Å². The summed E-state index contributed by atoms with van der Waals surface area (Å²) in [5.74, 6) is 4.36. The molecule has 0 bridgehead atoms. The zero-order chi connectivity index (χ0) is 18.6. The van der Waals surface area contributed by atoms with Gasteiger partial charge in [-0.15, -0.1) is 11.3 Å². The summed E-state index contributed by atoms with van der Waals surface area (Å²) in [5, 5.41) is 6.96. The molecular weight excluding hydrogens is 382 g/mol. The topological polar surface area (TPSA) is 123 Å². The number of hydrazone groups is 1. The molecule has 7 nitrogen and oxygen atoms in total. The summed E-state index contributed by atoms with van der Waals surface area (Å²) in [5.41, 5.74) is 6.41. The van der Waals surface area contributed by atoms with E-state index in [-0.39, 0.29) is 22.9 Å². The van der Waals surface area contributed by atoms with Gasteiger partial charge in [-0.25, -0.2) is 4.98 Å². The van der Waals surface area contributed by atoms with Crippen LogP contribution in [0, 0.1) is 6.92 Å². The van der Waals surface area contributed by atoms with Crippen molar-refractivity contribution < 1.29 is 9.59 Å². The Labute approximate surface area is 158 Å². The molecule has 0 radical (unpaired) electrons. The smallest absolute Gasteiger partial charge is 0.272 e. The van der Waals surface area contributed by atoms with Crippen LogP contribution >= 0.6 is 35.2 Å². The first-order valence-corrected chi connectivity index (χ1v) is 8.56. The van der Waals surface area contributed by atoms with Gasteiger partial charge in [0.15, 0.2) is 10.8 Å². The number of nitrogens with zero attached hydrogens (tertiary/aromatic N) is 2. The fraction of sp³-hybridized carbons (Fsp3) is 0.133. The number of hydrogen-bond acceptors (Lipinski definition) is 7. The SMILES string of the molecule is Cc1nc(C(N)=S)sc1C(=O)C/C(=N\N)C(=O)Nc1ccc(Cl)cc1. The van der Waals surface area contributed by atoms with Gasteiger partial charge in [0.25, 0.3) is 5.91 Å². The van der Waals surface area contributed by atoms with Gasteiger partial charge < -0.3 is 16.9 Å². The number of hydrogen-bond donors (Lipinski definition) is 3. The Kier molecular flexibility index (Phi) is 6.18. The summed E-state index contributed by atoms with van der Waals surface area (Å²) in [4.78, 5) is 29.3. The number of ketones is 1. The molecule has 0 aliphatic rings. The minimum Gasteiger partial charge on any atom is -0.387 e. The lowest BCUT2D eigenvalue weighted by Crippen LogP contribution is -2.26. The molecule has 0 spiro atoms. The maximum atomic E-state index is 12.4. The Bertz CT molecular complexity index is 861. The van der Waals surface area contributed by atoms with Crippen molar-refractivity contribution in [3.05, 3.63) is 44.9 Å². The summed E-state index contributed by atoms with van der Waals surface area (Å²) >= 11 is 11.7. The molecule has 0 atom stereocenters. The van der Waals surface area contributed by atoms with E-state index in [1.165, 1.54) is 0 Å². The Morgan fingerprint density at radius 2 is 2.00 bits per heavy atom. The molecule has 1 aromatic heterocycles. The van der Waals surface area contributed by atoms with Gasteiger partial charge in [-0.2, -0.15) is 5.10 Å². The van der Waals surface area contributed by atoms with Gasteiger partial charge in [0.2, 0.25) is 0 Å². The molecule has 0 saturated heterocycles. The number of aromatic nitrogens is 1. The van der Waals surface area contributed by atoms with Crippen molar-refractivity contribution >= 4 is 63.2 Å². The van der Waals surface area contributed by atoms with Crippen LogP contribution in [0.3, 0.4) is 0 Å². The van der Waals surface area contributed by atoms with Gasteiger partial charge in [-0.05, 0) is 31.2 Å². The fourth-order valence-electron chi connectivity index (χ4n) is 1.91. The van der Waals surface area contributed by atoms with Crippen molar-refractivity contribution in [1.29, 1.82) is 0 Å². The lowest BCUT2D eigenvalue weighted by atomic mass is 10.1. The number of rotatable bonds is 6. The van der Waals surface area contributed by atoms with Crippen LogP contribution in [0.25, 0.3) is 0 Å². The molecule has 1 aromatic carbocycles. The molecule has 130 valence electrons. The number of nitrogens with one attached hydrogen (secondary N) is 1. The molecule has 10 heteroatoms. The zero-order valence-electron chi connectivity index (χ0n) is 13.1. The van der Waals surface area contributed by atoms with Crippen molar-refractivity contribution in [2.45, 2.75) is 13.3 Å². The third-order valence-electron chi connectivity index (χ3n) is 3.11. The zero-order valence-corrected chi connectivity index (χ0v) is 15.5. The Morgan fingerprint density at radius 3 is 2.52 bits per heavy atom. The van der Waals surface area contributed by atoms with Gasteiger partial charge >= 0.3 is 0 Å². The van der Waals surface area contributed by atoms with Crippen LogP contribution in [0.4, 0.5) is 5.69 Å². The Balaban J connectivity index is 2.10. The molecular formula is C15H14ClN5O2S2. The van der Waals surface area contributed by atoms with Crippen molar-refractivity contribution in [3.8, 4) is 0 Å². The average Bonchev–Trinajstić information content (AvgIpc) is 2.96. The van der Waals surface area contributed by atoms with E-state index in [0.29, 0.717) is 26.3 Å². The highest BCUT2D eigenvalue weighted by atomic mass is 35.5. The summed E-state index contributed by atoms with van der Waals surface area (Å²) in [6, 6.07) is 6.50. The molecule has 1 amide bonds. The van der Waals surface area contributed by atoms with Crippen molar-refractivity contribution in [2.75, 3.05) is 5.32 Å². The number of benzene rings is 1. The number of carbonyl (C=O) groups is 2. The van der Waals surface area contributed by atoms with Crippen molar-refractivity contribution in [1.82, 2.24) is 4.98 Å². The lowest BCUT2D eigenvalue weighted by Gasteiger charge is -2.06. The van der Waals surface area contributed by atoms with Gasteiger partial charge in [-0.3, -0.25) is 9.59 Å². The molecule has 0 saturated carbocycles. The predicted molar refractivity (Wildman–Crippen MR) is 103 cm³/mol. The number of Topliss-reactive ketones (excluding diaryl/α,β-unsaturated/α-hetero) is 1. The molecule has 0 aliphatic heterocycles. The van der Waals surface area contributed by atoms with Crippen molar-refractivity contribution in [2.24, 2.45) is 16.7 Å². The lowest BCUT2D eigenvalue weighted by molar-refractivity contribution is -0.110. The van der Waals surface area contributed by atoms with E-state index in [4.69, 9.17) is 35.4 Å². The molecule has 2 rings (SSSR count). The van der Waals surface area contributed by atoms with E-state index in [1.54, 1.807) is 31.2 Å². The molecule has 1 heterocycles. The first-order valence-electron chi connectivity index (χ1n) is 6.96. The molecule has 0 unspecified atom stereocenters. The van der Waals surface area contributed by atoms with Crippen LogP contribution in [0.5, 0.6) is 0 Å². The van der Waals surface area contributed by atoms with Gasteiger partial charge in [-0.1, -0.05) is 23.8 Å². The fourth-order valence-corrected chi connectivity index (χ4v) is 3.07. The molecule has 25 heavy (non-hydrogen) atoms. The number of thiocarbonyl (C=S) groups is 1. The van der Waals surface area contributed by atoms with E-state index in [2.05, 4.69) is 15.4 Å². The second-order valence-corrected chi connectivity index (χ2v) is 6.81. The number of anilines is 1. The molecule has 0 fully saturated rings. The van der Waals surface area contributed by atoms with E-state index in [1.807, 2.05) is 0 Å². The second-order valence-electron chi connectivity index (χ2n) is 4.93. The largest absolute Gasteiger partial charge is 0.387 e. The third-order valence-corrected chi connectivity index (χ3v) is 4.91. The summed E-state index contributed by atoms with van der Waals surface area (Å²) in [6.45, 7) is 1.67. The van der Waals surface area contributed by atoms with Crippen LogP contribution in [0.2, 0.25) is 5.02 Å². The molecule has 0 aliphatic carbocycles. The highest BCUT2D eigenvalue weighted by molar-refractivity contribution is 7.81. The predicted octanol–water partition coefficient (Wildman–Crippen LogP) is 2.27. The minimum atomic E-state index is -0.574. The van der Waals surface area contributed by atoms with Crippen LogP contribution in [0.1, 0.15) is 26.8 Å². The normalized spacial score (nSPS) is 11.2. The highest BCUT2D eigenvalue weighted by Gasteiger charge is 2.22. The van der Waals surface area contributed by atoms with Crippen LogP contribution in [-0.2, 0) is 4.79 Å². The van der Waals surface area contributed by atoms with E-state index in [0.717, 1.165) is 11.3 Å². The number of halogens is 1. The number of aryl methyl sites for hydroxylation is 1. The Hall–Kier alpha value is -2.36. The van der Waals surface area contributed by atoms with E-state index in [9.17, 15) is 9.59 Å². The average molecular weight is 396 g/mol. The number of thiazole rings is 1. The quantitative estimate of drug-likeness (QED) is 0.226. The number of carbonyl (C=O) groups excluding carboxylic acids is 2. The monoisotopic (exact) mass is 395 g/mol. The van der Waals surface area contributed by atoms with Crippen LogP contribution in [0.15, 0.2) is 29.4 Å².